The van der Waals surface area contributed by atoms with E-state index in [4.69, 9.17) is 14.2 Å². The number of esters is 2. The zero-order valence-corrected chi connectivity index (χ0v) is 17.5. The lowest BCUT2D eigenvalue weighted by molar-refractivity contribution is -0.169. The molecule has 2 aromatic rings. The minimum absolute atomic E-state index is 0.0276. The molecule has 0 aromatic heterocycles. The van der Waals surface area contributed by atoms with Crippen LogP contribution in [0, 0.1) is 0 Å². The maximum atomic E-state index is 12.9. The summed E-state index contributed by atoms with van der Waals surface area (Å²) in [6.07, 6.45) is 0.0882. The van der Waals surface area contributed by atoms with Crippen LogP contribution in [0.1, 0.15) is 30.5 Å². The molecule has 4 rings (SSSR count). The Morgan fingerprint density at radius 3 is 2.58 bits per heavy atom. The number of fused-ring (bicyclic) bond motifs is 1. The molecule has 2 aliphatic rings. The molecule has 2 atom stereocenters. The molecule has 2 aromatic carbocycles. The zero-order chi connectivity index (χ0) is 22.4. The highest BCUT2D eigenvalue weighted by Gasteiger charge is 2.55. The van der Waals surface area contributed by atoms with E-state index < -0.39 is 28.9 Å². The summed E-state index contributed by atoms with van der Waals surface area (Å²) < 4.78 is 16.3. The van der Waals surface area contributed by atoms with Crippen LogP contribution in [0.5, 0.6) is 5.75 Å². The second-order valence-electron chi connectivity index (χ2n) is 8.38. The zero-order valence-electron chi connectivity index (χ0n) is 17.5. The van der Waals surface area contributed by atoms with Gasteiger partial charge in [-0.15, -0.1) is 0 Å². The van der Waals surface area contributed by atoms with Crippen LogP contribution in [0.4, 0.5) is 0 Å². The van der Waals surface area contributed by atoms with Crippen molar-refractivity contribution in [1.82, 2.24) is 0 Å². The van der Waals surface area contributed by atoms with Crippen molar-refractivity contribution in [2.45, 2.75) is 44.0 Å². The highest BCUT2D eigenvalue weighted by molar-refractivity contribution is 6.11. The number of cyclic esters (lactones) is 1. The van der Waals surface area contributed by atoms with Crippen molar-refractivity contribution in [3.63, 3.8) is 0 Å². The van der Waals surface area contributed by atoms with Crippen molar-refractivity contribution in [2.75, 3.05) is 7.11 Å². The summed E-state index contributed by atoms with van der Waals surface area (Å²) in [7, 11) is 1.21. The summed E-state index contributed by atoms with van der Waals surface area (Å²) >= 11 is 0. The van der Waals surface area contributed by atoms with Crippen molar-refractivity contribution < 1.29 is 34.0 Å². The van der Waals surface area contributed by atoms with Gasteiger partial charge in [0.25, 0.3) is 0 Å². The second-order valence-corrected chi connectivity index (χ2v) is 8.38. The van der Waals surface area contributed by atoms with E-state index in [1.807, 2.05) is 6.07 Å². The quantitative estimate of drug-likeness (QED) is 0.712. The van der Waals surface area contributed by atoms with Gasteiger partial charge in [0.2, 0.25) is 11.4 Å². The van der Waals surface area contributed by atoms with Crippen LogP contribution in [-0.2, 0) is 31.9 Å². The molecule has 0 fully saturated rings. The Kier molecular flexibility index (Phi) is 5.01. The van der Waals surface area contributed by atoms with Gasteiger partial charge in [-0.1, -0.05) is 42.5 Å². The molecule has 0 amide bonds. The van der Waals surface area contributed by atoms with Crippen molar-refractivity contribution in [3.05, 3.63) is 71.0 Å². The van der Waals surface area contributed by atoms with Crippen molar-refractivity contribution in [2.24, 2.45) is 0 Å². The molecule has 2 heterocycles. The number of carbonyl (C=O) groups is 2. The number of carbonyl (C=O) groups excluding carboxylic acids is 2. The Labute approximate surface area is 179 Å². The fraction of sp³-hybridized carbons (Fsp3) is 0.333. The van der Waals surface area contributed by atoms with Gasteiger partial charge >= 0.3 is 11.9 Å². The minimum atomic E-state index is -1.82. The third-order valence-electron chi connectivity index (χ3n) is 5.72. The molecular formula is C24H24O7. The number of aliphatic hydroxyl groups is 2. The number of methoxy groups -OCH3 is 1. The first-order valence-electron chi connectivity index (χ1n) is 9.97. The van der Waals surface area contributed by atoms with E-state index in [9.17, 15) is 19.8 Å². The molecule has 0 saturated carbocycles. The lowest BCUT2D eigenvalue weighted by Crippen LogP contribution is -2.44. The summed E-state index contributed by atoms with van der Waals surface area (Å²) in [6.45, 7) is 3.38. The summed E-state index contributed by atoms with van der Waals surface area (Å²) in [6, 6.07) is 14.0. The number of hydrogen-bond acceptors (Lipinski definition) is 7. The van der Waals surface area contributed by atoms with E-state index in [1.54, 1.807) is 56.3 Å². The van der Waals surface area contributed by atoms with Gasteiger partial charge in [-0.25, -0.2) is 9.59 Å². The minimum Gasteiger partial charge on any atom is -0.502 e. The van der Waals surface area contributed by atoms with E-state index in [0.29, 0.717) is 23.3 Å². The number of ether oxygens (including phenoxy) is 3. The molecule has 0 spiro atoms. The van der Waals surface area contributed by atoms with Gasteiger partial charge in [0, 0.05) is 12.8 Å². The Morgan fingerprint density at radius 1 is 1.23 bits per heavy atom. The summed E-state index contributed by atoms with van der Waals surface area (Å²) in [5.41, 5.74) is -0.689. The largest absolute Gasteiger partial charge is 0.502 e. The van der Waals surface area contributed by atoms with Gasteiger partial charge in [-0.2, -0.15) is 0 Å². The molecule has 0 radical (unpaired) electrons. The van der Waals surface area contributed by atoms with Gasteiger partial charge in [-0.3, -0.25) is 0 Å². The maximum Gasteiger partial charge on any atom is 0.375 e. The Morgan fingerprint density at radius 2 is 1.94 bits per heavy atom. The average Bonchev–Trinajstić information content (AvgIpc) is 3.27. The van der Waals surface area contributed by atoms with Crippen LogP contribution in [-0.4, -0.2) is 46.6 Å². The molecule has 31 heavy (non-hydrogen) atoms. The predicted octanol–water partition coefficient (Wildman–Crippen LogP) is 2.74. The van der Waals surface area contributed by atoms with E-state index >= 15 is 0 Å². The molecule has 2 N–H and O–H groups in total. The number of aliphatic hydroxyl groups excluding tert-OH is 1. The standard InChI is InChI=1S/C24H24O7/c1-23(2,28)18-12-16-11-14(9-10-17(16)30-18)13-24(22(27)29-3)19(20(25)21(26)31-24)15-7-5-4-6-8-15/h4-11,18,25,28H,12-13H2,1-3H3/t18-,24-/m1/s1. The Bertz CT molecular complexity index is 1070. The SMILES string of the molecule is COC(=O)[C@]1(Cc2ccc3c(c2)C[C@H](C(C)(C)O)O3)OC(=O)C(O)=C1c1ccccc1. The molecule has 7 heteroatoms. The first kappa shape index (κ1) is 20.9. The Balaban J connectivity index is 1.75. The highest BCUT2D eigenvalue weighted by atomic mass is 16.6. The first-order valence-corrected chi connectivity index (χ1v) is 9.97. The van der Waals surface area contributed by atoms with Crippen molar-refractivity contribution in [1.29, 1.82) is 0 Å². The predicted molar refractivity (Wildman–Crippen MR) is 111 cm³/mol. The fourth-order valence-corrected chi connectivity index (χ4v) is 4.12. The van der Waals surface area contributed by atoms with Crippen LogP contribution in [0.15, 0.2) is 54.3 Å². The lowest BCUT2D eigenvalue weighted by atomic mass is 9.83. The number of hydrogen-bond donors (Lipinski definition) is 2. The van der Waals surface area contributed by atoms with Crippen LogP contribution < -0.4 is 4.74 Å². The van der Waals surface area contributed by atoms with Crippen LogP contribution >= 0.6 is 0 Å². The highest BCUT2D eigenvalue weighted by Crippen LogP contribution is 2.43. The van der Waals surface area contributed by atoms with Crippen molar-refractivity contribution in [3.8, 4) is 5.75 Å². The number of benzene rings is 2. The lowest BCUT2D eigenvalue weighted by Gasteiger charge is -2.28. The van der Waals surface area contributed by atoms with Gasteiger partial charge in [0.15, 0.2) is 0 Å². The van der Waals surface area contributed by atoms with E-state index in [2.05, 4.69) is 0 Å². The van der Waals surface area contributed by atoms with E-state index in [-0.39, 0.29) is 18.1 Å². The van der Waals surface area contributed by atoms with Gasteiger partial charge in [-0.05, 0) is 36.6 Å². The van der Waals surface area contributed by atoms with Gasteiger partial charge in [0.05, 0.1) is 18.3 Å². The molecular weight excluding hydrogens is 400 g/mol. The smallest absolute Gasteiger partial charge is 0.375 e. The maximum absolute atomic E-state index is 12.9. The van der Waals surface area contributed by atoms with Crippen LogP contribution in [0.2, 0.25) is 0 Å². The molecule has 2 aliphatic heterocycles. The third-order valence-corrected chi connectivity index (χ3v) is 5.72. The third kappa shape index (κ3) is 3.55. The Hall–Kier alpha value is -3.32. The fourth-order valence-electron chi connectivity index (χ4n) is 4.12. The summed E-state index contributed by atoms with van der Waals surface area (Å²) in [4.78, 5) is 25.3. The summed E-state index contributed by atoms with van der Waals surface area (Å²) in [5.74, 6) is -1.71. The molecule has 0 unspecified atom stereocenters. The van der Waals surface area contributed by atoms with Crippen molar-refractivity contribution >= 4 is 17.5 Å². The van der Waals surface area contributed by atoms with Gasteiger partial charge in [0.1, 0.15) is 11.9 Å². The van der Waals surface area contributed by atoms with Gasteiger partial charge < -0.3 is 24.4 Å². The molecule has 0 bridgehead atoms. The topological polar surface area (TPSA) is 102 Å². The first-order chi connectivity index (χ1) is 14.7. The van der Waals surface area contributed by atoms with Crippen LogP contribution in [0.25, 0.3) is 5.57 Å². The molecule has 162 valence electrons. The molecule has 7 nitrogen and oxygen atoms in total. The average molecular weight is 424 g/mol. The van der Waals surface area contributed by atoms with E-state index in [1.165, 1.54) is 7.11 Å². The molecule has 0 saturated heterocycles. The normalized spacial score (nSPS) is 22.7. The van der Waals surface area contributed by atoms with Crippen LogP contribution in [0.3, 0.4) is 0 Å². The van der Waals surface area contributed by atoms with E-state index in [0.717, 1.165) is 5.56 Å². The number of rotatable bonds is 5. The summed E-state index contributed by atoms with van der Waals surface area (Å²) in [5, 5.41) is 20.8. The molecule has 0 aliphatic carbocycles. The second kappa shape index (κ2) is 7.42. The monoisotopic (exact) mass is 424 g/mol.